The number of nitrogens with one attached hydrogen (secondary N) is 1. The molecule has 6 heteroatoms. The van der Waals surface area contributed by atoms with E-state index in [2.05, 4.69) is 34.3 Å². The van der Waals surface area contributed by atoms with Gasteiger partial charge in [0.15, 0.2) is 4.47 Å². The van der Waals surface area contributed by atoms with Crippen LogP contribution in [0.3, 0.4) is 0 Å². The fraction of sp³-hybridized carbons (Fsp3) is 0.357. The smallest absolute Gasteiger partial charge is 0.183 e. The van der Waals surface area contributed by atoms with Crippen molar-refractivity contribution in [1.29, 1.82) is 0 Å². The number of anilines is 2. The zero-order chi connectivity index (χ0) is 14.4. The van der Waals surface area contributed by atoms with Crippen LogP contribution < -0.4 is 10.2 Å². The lowest BCUT2D eigenvalue weighted by molar-refractivity contribution is 0.302. The molecular formula is C14H18ClN3OS. The summed E-state index contributed by atoms with van der Waals surface area (Å²) in [5.41, 5.74) is 2.17. The summed E-state index contributed by atoms with van der Waals surface area (Å²) in [7, 11) is 0. The van der Waals surface area contributed by atoms with Crippen LogP contribution in [0.1, 0.15) is 11.8 Å². The average molecular weight is 312 g/mol. The van der Waals surface area contributed by atoms with Gasteiger partial charge in [-0.1, -0.05) is 11.6 Å². The summed E-state index contributed by atoms with van der Waals surface area (Å²) < 4.78 is 0.569. The third-order valence-corrected chi connectivity index (χ3v) is 4.09. The summed E-state index contributed by atoms with van der Waals surface area (Å²) in [6, 6.07) is 8.19. The molecule has 2 N–H and O–H groups in total. The first-order chi connectivity index (χ1) is 9.72. The van der Waals surface area contributed by atoms with Crippen LogP contribution in [0.15, 0.2) is 30.5 Å². The summed E-state index contributed by atoms with van der Waals surface area (Å²) >= 11 is 7.28. The van der Waals surface area contributed by atoms with Gasteiger partial charge < -0.3 is 15.3 Å². The largest absolute Gasteiger partial charge is 0.395 e. The standard InChI is InChI=1S/C14H18ClN3OS/c1-2-18(7-8-19)12-5-3-11(4-6-12)16-9-13-10-17-14(15)20-13/h3-6,10,16,19H,2,7-9H2,1H3. The maximum atomic E-state index is 9.03. The van der Waals surface area contributed by atoms with E-state index < -0.39 is 0 Å². The maximum Gasteiger partial charge on any atom is 0.183 e. The van der Waals surface area contributed by atoms with E-state index in [1.807, 2.05) is 12.1 Å². The summed E-state index contributed by atoms with van der Waals surface area (Å²) in [5.74, 6) is 0. The Morgan fingerprint density at radius 1 is 1.35 bits per heavy atom. The normalized spacial score (nSPS) is 10.6. The van der Waals surface area contributed by atoms with Gasteiger partial charge in [-0.2, -0.15) is 0 Å². The lowest BCUT2D eigenvalue weighted by atomic mass is 10.2. The van der Waals surface area contributed by atoms with E-state index in [1.165, 1.54) is 11.3 Å². The zero-order valence-corrected chi connectivity index (χ0v) is 12.9. The third kappa shape index (κ3) is 4.10. The second-order valence-electron chi connectivity index (χ2n) is 4.28. The quantitative estimate of drug-likeness (QED) is 0.824. The Morgan fingerprint density at radius 2 is 2.10 bits per heavy atom. The Bertz CT molecular complexity index is 529. The van der Waals surface area contributed by atoms with Crippen LogP contribution in [0, 0.1) is 0 Å². The molecule has 0 amide bonds. The highest BCUT2D eigenvalue weighted by Gasteiger charge is 2.03. The van der Waals surface area contributed by atoms with Crippen molar-refractivity contribution in [2.75, 3.05) is 29.9 Å². The summed E-state index contributed by atoms with van der Waals surface area (Å²) in [5, 5.41) is 12.4. The molecule has 0 atom stereocenters. The van der Waals surface area contributed by atoms with Gasteiger partial charge in [-0.15, -0.1) is 11.3 Å². The number of thiazole rings is 1. The maximum absolute atomic E-state index is 9.03. The molecule has 1 aromatic heterocycles. The molecule has 0 fully saturated rings. The van der Waals surface area contributed by atoms with Crippen molar-refractivity contribution >= 4 is 34.3 Å². The van der Waals surface area contributed by atoms with Crippen molar-refractivity contribution in [1.82, 2.24) is 4.98 Å². The Labute approximate surface area is 128 Å². The van der Waals surface area contributed by atoms with Crippen LogP contribution in [0.25, 0.3) is 0 Å². The topological polar surface area (TPSA) is 48.4 Å². The molecule has 1 heterocycles. The van der Waals surface area contributed by atoms with Crippen LogP contribution >= 0.6 is 22.9 Å². The molecular weight excluding hydrogens is 294 g/mol. The highest BCUT2D eigenvalue weighted by Crippen LogP contribution is 2.21. The molecule has 0 radical (unpaired) electrons. The molecule has 0 saturated heterocycles. The fourth-order valence-electron chi connectivity index (χ4n) is 1.94. The lowest BCUT2D eigenvalue weighted by Crippen LogP contribution is -2.25. The average Bonchev–Trinajstić information content (AvgIpc) is 2.89. The molecule has 0 bridgehead atoms. The molecule has 4 nitrogen and oxygen atoms in total. The van der Waals surface area contributed by atoms with E-state index in [0.29, 0.717) is 11.0 Å². The van der Waals surface area contributed by atoms with Crippen molar-refractivity contribution in [2.45, 2.75) is 13.5 Å². The fourth-order valence-corrected chi connectivity index (χ4v) is 2.85. The number of hydrogen-bond acceptors (Lipinski definition) is 5. The molecule has 0 unspecified atom stereocenters. The second-order valence-corrected chi connectivity index (χ2v) is 5.98. The lowest BCUT2D eigenvalue weighted by Gasteiger charge is -2.22. The van der Waals surface area contributed by atoms with Crippen LogP contribution in [0.5, 0.6) is 0 Å². The van der Waals surface area contributed by atoms with Crippen molar-refractivity contribution in [3.8, 4) is 0 Å². The van der Waals surface area contributed by atoms with Gasteiger partial charge in [-0.3, -0.25) is 0 Å². The molecule has 2 rings (SSSR count). The van der Waals surface area contributed by atoms with Gasteiger partial charge >= 0.3 is 0 Å². The van der Waals surface area contributed by atoms with Gasteiger partial charge in [-0.05, 0) is 31.2 Å². The van der Waals surface area contributed by atoms with E-state index in [1.54, 1.807) is 6.20 Å². The minimum atomic E-state index is 0.167. The van der Waals surface area contributed by atoms with Gasteiger partial charge in [-0.25, -0.2) is 4.98 Å². The molecule has 1 aromatic carbocycles. The van der Waals surface area contributed by atoms with Gasteiger partial charge in [0.2, 0.25) is 0 Å². The highest BCUT2D eigenvalue weighted by atomic mass is 35.5. The Morgan fingerprint density at radius 3 is 2.65 bits per heavy atom. The first kappa shape index (κ1) is 15.1. The van der Waals surface area contributed by atoms with Gasteiger partial charge in [0.25, 0.3) is 0 Å². The summed E-state index contributed by atoms with van der Waals surface area (Å²) in [4.78, 5) is 7.25. The van der Waals surface area contributed by atoms with E-state index in [4.69, 9.17) is 16.7 Å². The Kier molecular flexibility index (Phi) is 5.64. The van der Waals surface area contributed by atoms with E-state index in [0.717, 1.165) is 29.3 Å². The van der Waals surface area contributed by atoms with Crippen molar-refractivity contribution in [3.63, 3.8) is 0 Å². The number of aliphatic hydroxyl groups excluding tert-OH is 1. The van der Waals surface area contributed by atoms with Crippen molar-refractivity contribution in [2.24, 2.45) is 0 Å². The third-order valence-electron chi connectivity index (χ3n) is 2.98. The first-order valence-electron chi connectivity index (χ1n) is 6.53. The Balaban J connectivity index is 1.94. The van der Waals surface area contributed by atoms with Gasteiger partial charge in [0.05, 0.1) is 13.2 Å². The Hall–Kier alpha value is -1.30. The molecule has 0 aliphatic heterocycles. The molecule has 0 saturated carbocycles. The number of hydrogen-bond donors (Lipinski definition) is 2. The number of aromatic nitrogens is 1. The summed E-state index contributed by atoms with van der Waals surface area (Å²) in [6.45, 7) is 4.50. The van der Waals surface area contributed by atoms with Crippen molar-refractivity contribution in [3.05, 3.63) is 39.8 Å². The van der Waals surface area contributed by atoms with Gasteiger partial charge in [0, 0.05) is 35.5 Å². The number of rotatable bonds is 7. The SMILES string of the molecule is CCN(CCO)c1ccc(NCc2cnc(Cl)s2)cc1. The summed E-state index contributed by atoms with van der Waals surface area (Å²) in [6.07, 6.45) is 1.79. The van der Waals surface area contributed by atoms with Crippen LogP contribution in [-0.4, -0.2) is 29.8 Å². The molecule has 0 aliphatic rings. The van der Waals surface area contributed by atoms with Crippen LogP contribution in [0.2, 0.25) is 4.47 Å². The minimum Gasteiger partial charge on any atom is -0.395 e. The van der Waals surface area contributed by atoms with E-state index in [9.17, 15) is 0 Å². The molecule has 0 spiro atoms. The first-order valence-corrected chi connectivity index (χ1v) is 7.72. The number of nitrogens with zero attached hydrogens (tertiary/aromatic N) is 2. The van der Waals surface area contributed by atoms with Crippen LogP contribution in [-0.2, 0) is 6.54 Å². The monoisotopic (exact) mass is 311 g/mol. The molecule has 0 aliphatic carbocycles. The number of aliphatic hydroxyl groups is 1. The molecule has 2 aromatic rings. The zero-order valence-electron chi connectivity index (χ0n) is 11.3. The number of halogens is 1. The van der Waals surface area contributed by atoms with Gasteiger partial charge in [0.1, 0.15) is 0 Å². The van der Waals surface area contributed by atoms with Crippen molar-refractivity contribution < 1.29 is 5.11 Å². The highest BCUT2D eigenvalue weighted by molar-refractivity contribution is 7.15. The predicted octanol–water partition coefficient (Wildman–Crippen LogP) is 3.23. The number of likely N-dealkylation sites (N-methyl/N-ethyl adjacent to an activating group) is 1. The minimum absolute atomic E-state index is 0.167. The predicted molar refractivity (Wildman–Crippen MR) is 85.9 cm³/mol. The molecule has 108 valence electrons. The van der Waals surface area contributed by atoms with E-state index in [-0.39, 0.29) is 6.61 Å². The molecule has 20 heavy (non-hydrogen) atoms. The second kappa shape index (κ2) is 7.47. The van der Waals surface area contributed by atoms with E-state index >= 15 is 0 Å². The number of benzene rings is 1. The van der Waals surface area contributed by atoms with Crippen LogP contribution in [0.4, 0.5) is 11.4 Å².